The van der Waals surface area contributed by atoms with Crippen LogP contribution in [0.5, 0.6) is 11.5 Å². The summed E-state index contributed by atoms with van der Waals surface area (Å²) in [6.07, 6.45) is 8.73. The number of likely N-dealkylation sites (N-methyl/N-ethyl adjacent to an activating group) is 1. The van der Waals surface area contributed by atoms with Gasteiger partial charge in [0, 0.05) is 54.9 Å². The maximum atomic E-state index is 14.5. The topological polar surface area (TPSA) is 113 Å². The molecule has 0 aliphatic carbocycles. The number of hydrogen-bond donors (Lipinski definition) is 1. The number of allylic oxidation sites excluding steroid dienone is 1. The molecule has 1 aliphatic heterocycles. The van der Waals surface area contributed by atoms with E-state index < -0.39 is 6.04 Å². The minimum absolute atomic E-state index is 0.00148. The number of nitrogens with zero attached hydrogens (tertiary/aromatic N) is 6. The predicted molar refractivity (Wildman–Crippen MR) is 179 cm³/mol. The Morgan fingerprint density at radius 1 is 1.13 bits per heavy atom. The van der Waals surface area contributed by atoms with Gasteiger partial charge >= 0.3 is 6.03 Å². The van der Waals surface area contributed by atoms with Crippen molar-refractivity contribution in [2.45, 2.75) is 25.9 Å². The van der Waals surface area contributed by atoms with Crippen LogP contribution in [0.2, 0.25) is 5.02 Å². The van der Waals surface area contributed by atoms with Crippen LogP contribution in [0.3, 0.4) is 0 Å². The first kappa shape index (κ1) is 32.4. The summed E-state index contributed by atoms with van der Waals surface area (Å²) in [5.41, 5.74) is 3.56. The van der Waals surface area contributed by atoms with Gasteiger partial charge in [0.25, 0.3) is 0 Å². The highest BCUT2D eigenvalue weighted by atomic mass is 35.5. The Morgan fingerprint density at radius 3 is 2.63 bits per heavy atom. The molecule has 0 spiro atoms. The molecule has 12 heteroatoms. The average Bonchev–Trinajstić information content (AvgIpc) is 3.05. The number of ketones is 1. The Bertz CT molecular complexity index is 1750. The van der Waals surface area contributed by atoms with Gasteiger partial charge in [0.1, 0.15) is 22.3 Å². The molecule has 0 saturated carbocycles. The number of pyridine rings is 1. The molecule has 2 aromatic heterocycles. The fourth-order valence-corrected chi connectivity index (χ4v) is 5.42. The number of anilines is 4. The molecule has 11 nitrogen and oxygen atoms in total. The summed E-state index contributed by atoms with van der Waals surface area (Å²) in [4.78, 5) is 45.8. The van der Waals surface area contributed by atoms with E-state index in [1.54, 1.807) is 58.7 Å². The monoisotopic (exact) mass is 641 g/mol. The third-order valence-corrected chi connectivity index (χ3v) is 7.87. The Labute approximate surface area is 273 Å². The Kier molecular flexibility index (Phi) is 10.1. The zero-order chi connectivity index (χ0) is 32.8. The summed E-state index contributed by atoms with van der Waals surface area (Å²) < 4.78 is 11.0. The van der Waals surface area contributed by atoms with E-state index in [1.165, 1.54) is 14.2 Å². The van der Waals surface area contributed by atoms with Gasteiger partial charge in [-0.1, -0.05) is 41.9 Å². The molecular formula is C34H36ClN7O4. The van der Waals surface area contributed by atoms with Crippen molar-refractivity contribution < 1.29 is 19.1 Å². The quantitative estimate of drug-likeness (QED) is 0.180. The zero-order valence-corrected chi connectivity index (χ0v) is 27.2. The van der Waals surface area contributed by atoms with Crippen molar-refractivity contribution in [2.75, 3.05) is 50.0 Å². The van der Waals surface area contributed by atoms with Gasteiger partial charge in [-0.25, -0.2) is 9.78 Å². The minimum atomic E-state index is -0.483. The van der Waals surface area contributed by atoms with Crippen LogP contribution in [0.25, 0.3) is 0 Å². The molecule has 5 rings (SSSR count). The van der Waals surface area contributed by atoms with Gasteiger partial charge in [-0.3, -0.25) is 19.6 Å². The highest BCUT2D eigenvalue weighted by Gasteiger charge is 2.38. The number of benzene rings is 2. The molecule has 2 amide bonds. The number of halogens is 1. The lowest BCUT2D eigenvalue weighted by Gasteiger charge is -2.39. The van der Waals surface area contributed by atoms with Crippen molar-refractivity contribution in [1.29, 1.82) is 0 Å². The Morgan fingerprint density at radius 2 is 1.91 bits per heavy atom. The van der Waals surface area contributed by atoms with E-state index >= 15 is 0 Å². The molecule has 0 radical (unpaired) electrons. The van der Waals surface area contributed by atoms with Crippen LogP contribution in [0.4, 0.5) is 27.9 Å². The third-order valence-electron chi connectivity index (χ3n) is 7.49. The van der Waals surface area contributed by atoms with Crippen molar-refractivity contribution in [2.24, 2.45) is 0 Å². The summed E-state index contributed by atoms with van der Waals surface area (Å²) in [5.74, 6) is 1.64. The van der Waals surface area contributed by atoms with Crippen LogP contribution in [0.15, 0.2) is 79.3 Å². The molecule has 2 aromatic carbocycles. The van der Waals surface area contributed by atoms with Gasteiger partial charge < -0.3 is 19.7 Å². The number of ether oxygens (including phenoxy) is 2. The SMILES string of the molecule is COc1cc(OC)c(Cl)c(N2Cc3cnc(Nc4ccncc4)nc3N(C(C)c3cccc(CC(=O)/C=C/CN(C)C)c3)C2=O)c1. The molecule has 4 aromatic rings. The second kappa shape index (κ2) is 14.4. The number of carbonyl (C=O) groups excluding carboxylic acids is 2. The predicted octanol–water partition coefficient (Wildman–Crippen LogP) is 6.22. The molecule has 0 fully saturated rings. The molecule has 0 bridgehead atoms. The van der Waals surface area contributed by atoms with Gasteiger partial charge in [-0.05, 0) is 50.4 Å². The second-order valence-corrected chi connectivity index (χ2v) is 11.4. The van der Waals surface area contributed by atoms with Crippen molar-refractivity contribution >= 4 is 46.6 Å². The van der Waals surface area contributed by atoms with Crippen molar-refractivity contribution in [3.8, 4) is 11.5 Å². The van der Waals surface area contributed by atoms with E-state index in [9.17, 15) is 9.59 Å². The standard InChI is InChI=1S/C34H36ClN7O4/c1-22(24-9-6-8-23(16-24)17-27(43)10-7-15-40(2)3)42-32-25(20-37-33(39-32)38-26-11-13-36-14-12-26)21-41(34(42)44)29-18-28(45-4)19-30(46-5)31(29)35/h6-14,16,18-20,22H,15,17,21H2,1-5H3,(H,36,37,38,39)/b10-7+. The van der Waals surface area contributed by atoms with Gasteiger partial charge in [0.2, 0.25) is 5.95 Å². The van der Waals surface area contributed by atoms with E-state index in [0.717, 1.165) is 16.8 Å². The molecule has 0 saturated heterocycles. The number of rotatable bonds is 12. The van der Waals surface area contributed by atoms with Crippen LogP contribution >= 0.6 is 11.6 Å². The lowest BCUT2D eigenvalue weighted by atomic mass is 10.00. The molecule has 1 atom stereocenters. The molecule has 238 valence electrons. The molecule has 1 unspecified atom stereocenters. The van der Waals surface area contributed by atoms with Gasteiger partial charge in [-0.15, -0.1) is 0 Å². The Hall–Kier alpha value is -5.00. The van der Waals surface area contributed by atoms with Crippen molar-refractivity contribution in [1.82, 2.24) is 19.9 Å². The van der Waals surface area contributed by atoms with E-state index in [4.69, 9.17) is 26.1 Å². The number of fused-ring (bicyclic) bond motifs is 1. The summed E-state index contributed by atoms with van der Waals surface area (Å²) >= 11 is 6.77. The molecule has 46 heavy (non-hydrogen) atoms. The molecular weight excluding hydrogens is 606 g/mol. The first-order valence-corrected chi connectivity index (χ1v) is 15.0. The van der Waals surface area contributed by atoms with Gasteiger partial charge in [0.15, 0.2) is 5.78 Å². The van der Waals surface area contributed by atoms with Crippen LogP contribution in [0, 0.1) is 0 Å². The number of urea groups is 1. The van der Waals surface area contributed by atoms with Gasteiger partial charge in [-0.2, -0.15) is 4.98 Å². The van der Waals surface area contributed by atoms with Crippen LogP contribution in [-0.4, -0.2) is 66.5 Å². The minimum Gasteiger partial charge on any atom is -0.497 e. The normalized spacial score (nSPS) is 13.6. The number of nitrogens with one attached hydrogen (secondary N) is 1. The largest absolute Gasteiger partial charge is 0.497 e. The van der Waals surface area contributed by atoms with Gasteiger partial charge in [0.05, 0.1) is 32.5 Å². The van der Waals surface area contributed by atoms with Crippen molar-refractivity contribution in [3.63, 3.8) is 0 Å². The van der Waals surface area contributed by atoms with Crippen LogP contribution < -0.4 is 24.6 Å². The maximum absolute atomic E-state index is 14.5. The number of hydrogen-bond acceptors (Lipinski definition) is 9. The first-order valence-electron chi connectivity index (χ1n) is 14.7. The Balaban J connectivity index is 1.54. The average molecular weight is 642 g/mol. The number of aromatic nitrogens is 3. The van der Waals surface area contributed by atoms with Crippen molar-refractivity contribution in [3.05, 3.63) is 101 Å². The summed E-state index contributed by atoms with van der Waals surface area (Å²) in [6, 6.07) is 13.8. The van der Waals surface area contributed by atoms with E-state index in [0.29, 0.717) is 41.1 Å². The smallest absolute Gasteiger partial charge is 0.331 e. The third kappa shape index (κ3) is 7.27. The maximum Gasteiger partial charge on any atom is 0.331 e. The zero-order valence-electron chi connectivity index (χ0n) is 26.4. The summed E-state index contributed by atoms with van der Waals surface area (Å²) in [6.45, 7) is 2.77. The van der Waals surface area contributed by atoms with E-state index in [2.05, 4.69) is 15.3 Å². The lowest BCUT2D eigenvalue weighted by Crippen LogP contribution is -2.49. The fourth-order valence-electron chi connectivity index (χ4n) is 5.13. The van der Waals surface area contributed by atoms with E-state index in [-0.39, 0.29) is 29.8 Å². The molecule has 3 heterocycles. The van der Waals surface area contributed by atoms with Crippen LogP contribution in [-0.2, 0) is 17.8 Å². The fraction of sp³-hybridized carbons (Fsp3) is 0.265. The number of amides is 2. The molecule has 1 aliphatic rings. The summed E-state index contributed by atoms with van der Waals surface area (Å²) in [5, 5.41) is 3.46. The second-order valence-electron chi connectivity index (χ2n) is 11.0. The summed E-state index contributed by atoms with van der Waals surface area (Å²) in [7, 11) is 6.94. The highest BCUT2D eigenvalue weighted by Crippen LogP contribution is 2.43. The number of carbonyl (C=O) groups is 2. The number of methoxy groups -OCH3 is 2. The molecule has 1 N–H and O–H groups in total. The lowest BCUT2D eigenvalue weighted by molar-refractivity contribution is -0.114. The van der Waals surface area contributed by atoms with Crippen LogP contribution in [0.1, 0.15) is 29.7 Å². The van der Waals surface area contributed by atoms with E-state index in [1.807, 2.05) is 56.3 Å². The first-order chi connectivity index (χ1) is 22.2. The highest BCUT2D eigenvalue weighted by molar-refractivity contribution is 6.35.